The van der Waals surface area contributed by atoms with Gasteiger partial charge in [0.1, 0.15) is 0 Å². The summed E-state index contributed by atoms with van der Waals surface area (Å²) in [6.07, 6.45) is 4.45. The average Bonchev–Trinajstić information content (AvgIpc) is 3.00. The van der Waals surface area contributed by atoms with Crippen LogP contribution >= 0.6 is 0 Å². The summed E-state index contributed by atoms with van der Waals surface area (Å²) < 4.78 is 1.91. The maximum Gasteiger partial charge on any atom is 0.0996 e. The van der Waals surface area contributed by atoms with Crippen LogP contribution in [0.4, 0.5) is 0 Å². The smallest absolute Gasteiger partial charge is 0.0996 e. The number of hydrogen-bond donors (Lipinski definition) is 1. The number of benzene rings is 1. The first-order valence-corrected chi connectivity index (χ1v) is 6.09. The Morgan fingerprint density at radius 1 is 1.29 bits per heavy atom. The third-order valence-corrected chi connectivity index (χ3v) is 3.16. The molecule has 1 aromatic heterocycles. The van der Waals surface area contributed by atoms with E-state index in [-0.39, 0.29) is 0 Å². The molecule has 4 nitrogen and oxygen atoms in total. The summed E-state index contributed by atoms with van der Waals surface area (Å²) in [5, 5.41) is 11.9. The van der Waals surface area contributed by atoms with E-state index in [4.69, 9.17) is 0 Å². The first-order chi connectivity index (χ1) is 8.42. The molecule has 2 heterocycles. The third kappa shape index (κ3) is 2.36. The maximum atomic E-state index is 4.24. The first-order valence-electron chi connectivity index (χ1n) is 6.09. The van der Waals surface area contributed by atoms with Crippen molar-refractivity contribution in [1.29, 1.82) is 0 Å². The van der Waals surface area contributed by atoms with Crippen LogP contribution in [0.2, 0.25) is 0 Å². The molecule has 1 aromatic carbocycles. The van der Waals surface area contributed by atoms with Gasteiger partial charge in [0.05, 0.1) is 24.5 Å². The highest BCUT2D eigenvalue weighted by Crippen LogP contribution is 2.20. The Morgan fingerprint density at radius 3 is 2.94 bits per heavy atom. The topological polar surface area (TPSA) is 42.7 Å². The molecular weight excluding hydrogens is 212 g/mol. The van der Waals surface area contributed by atoms with Gasteiger partial charge in [-0.2, -0.15) is 0 Å². The maximum absolute atomic E-state index is 4.24. The lowest BCUT2D eigenvalue weighted by atomic mass is 10.2. The lowest BCUT2D eigenvalue weighted by molar-refractivity contribution is 0.622. The van der Waals surface area contributed by atoms with Crippen LogP contribution in [0.5, 0.6) is 0 Å². The molecule has 1 saturated heterocycles. The Labute approximate surface area is 101 Å². The Balaban J connectivity index is 1.72. The van der Waals surface area contributed by atoms with E-state index in [0.717, 1.165) is 18.8 Å². The fourth-order valence-electron chi connectivity index (χ4n) is 2.26. The summed E-state index contributed by atoms with van der Waals surface area (Å²) in [4.78, 5) is 0. The fourth-order valence-corrected chi connectivity index (χ4v) is 2.26. The first kappa shape index (κ1) is 10.5. The average molecular weight is 228 g/mol. The van der Waals surface area contributed by atoms with E-state index in [1.54, 1.807) is 0 Å². The highest BCUT2D eigenvalue weighted by Gasteiger charge is 2.18. The van der Waals surface area contributed by atoms with Crippen molar-refractivity contribution in [2.75, 3.05) is 6.54 Å². The molecule has 88 valence electrons. The van der Waals surface area contributed by atoms with Crippen molar-refractivity contribution >= 4 is 0 Å². The zero-order valence-corrected chi connectivity index (χ0v) is 9.71. The second-order valence-corrected chi connectivity index (χ2v) is 4.48. The van der Waals surface area contributed by atoms with Crippen LogP contribution in [0.3, 0.4) is 0 Å². The zero-order valence-electron chi connectivity index (χ0n) is 9.71. The van der Waals surface area contributed by atoms with E-state index < -0.39 is 0 Å². The Hall–Kier alpha value is -1.68. The van der Waals surface area contributed by atoms with E-state index in [2.05, 4.69) is 34.0 Å². The SMILES string of the molecule is c1ccc(Cn2cc(C3CCCN3)nn2)cc1. The minimum absolute atomic E-state index is 0.402. The van der Waals surface area contributed by atoms with E-state index >= 15 is 0 Å². The van der Waals surface area contributed by atoms with Crippen LogP contribution in [0.25, 0.3) is 0 Å². The summed E-state index contributed by atoms with van der Waals surface area (Å²) in [7, 11) is 0. The molecule has 1 aliphatic rings. The Kier molecular flexibility index (Phi) is 2.88. The predicted octanol–water partition coefficient (Wildman–Crippen LogP) is 1.75. The molecule has 2 aromatic rings. The van der Waals surface area contributed by atoms with Gasteiger partial charge in [0, 0.05) is 0 Å². The molecule has 0 bridgehead atoms. The van der Waals surface area contributed by atoms with Crippen molar-refractivity contribution in [2.24, 2.45) is 0 Å². The number of nitrogens with zero attached hydrogens (tertiary/aromatic N) is 3. The molecule has 4 heteroatoms. The van der Waals surface area contributed by atoms with Gasteiger partial charge in [-0.1, -0.05) is 35.5 Å². The second-order valence-electron chi connectivity index (χ2n) is 4.48. The molecule has 3 rings (SSSR count). The molecule has 17 heavy (non-hydrogen) atoms. The third-order valence-electron chi connectivity index (χ3n) is 3.16. The standard InChI is InChI=1S/C13H16N4/c1-2-5-11(6-3-1)9-17-10-13(15-16-17)12-7-4-8-14-12/h1-3,5-6,10,12,14H,4,7-9H2. The second kappa shape index (κ2) is 4.67. The highest BCUT2D eigenvalue weighted by atomic mass is 15.4. The summed E-state index contributed by atoms with van der Waals surface area (Å²) in [5.74, 6) is 0. The monoisotopic (exact) mass is 228 g/mol. The molecule has 0 radical (unpaired) electrons. The Morgan fingerprint density at radius 2 is 2.18 bits per heavy atom. The van der Waals surface area contributed by atoms with Gasteiger partial charge >= 0.3 is 0 Å². The van der Waals surface area contributed by atoms with Crippen LogP contribution in [-0.2, 0) is 6.54 Å². The van der Waals surface area contributed by atoms with E-state index in [0.29, 0.717) is 6.04 Å². The number of aromatic nitrogens is 3. The van der Waals surface area contributed by atoms with Crippen LogP contribution < -0.4 is 5.32 Å². The van der Waals surface area contributed by atoms with Crippen molar-refractivity contribution in [1.82, 2.24) is 20.3 Å². The van der Waals surface area contributed by atoms with Crippen LogP contribution in [0.1, 0.15) is 30.1 Å². The van der Waals surface area contributed by atoms with Crippen molar-refractivity contribution in [3.8, 4) is 0 Å². The molecule has 1 unspecified atom stereocenters. The van der Waals surface area contributed by atoms with Gasteiger partial charge in [-0.25, -0.2) is 4.68 Å². The highest BCUT2D eigenvalue weighted by molar-refractivity contribution is 5.15. The molecule has 1 fully saturated rings. The zero-order chi connectivity index (χ0) is 11.5. The number of hydrogen-bond acceptors (Lipinski definition) is 3. The predicted molar refractivity (Wildman–Crippen MR) is 65.5 cm³/mol. The van der Waals surface area contributed by atoms with Crippen molar-refractivity contribution in [3.05, 3.63) is 47.8 Å². The number of nitrogens with one attached hydrogen (secondary N) is 1. The minimum Gasteiger partial charge on any atom is -0.309 e. The van der Waals surface area contributed by atoms with Crippen LogP contribution in [0.15, 0.2) is 36.5 Å². The molecular formula is C13H16N4. The minimum atomic E-state index is 0.402. The normalized spacial score (nSPS) is 19.6. The van der Waals surface area contributed by atoms with Crippen molar-refractivity contribution < 1.29 is 0 Å². The molecule has 0 amide bonds. The summed E-state index contributed by atoms with van der Waals surface area (Å²) in [6.45, 7) is 1.89. The molecule has 1 N–H and O–H groups in total. The molecule has 1 aliphatic heterocycles. The van der Waals surface area contributed by atoms with Crippen molar-refractivity contribution in [2.45, 2.75) is 25.4 Å². The van der Waals surface area contributed by atoms with Gasteiger partial charge in [0.2, 0.25) is 0 Å². The molecule has 0 saturated carbocycles. The van der Waals surface area contributed by atoms with Gasteiger partial charge < -0.3 is 5.32 Å². The van der Waals surface area contributed by atoms with Gasteiger partial charge in [0.15, 0.2) is 0 Å². The summed E-state index contributed by atoms with van der Waals surface area (Å²) >= 11 is 0. The summed E-state index contributed by atoms with van der Waals surface area (Å²) in [5.41, 5.74) is 2.32. The van der Waals surface area contributed by atoms with Gasteiger partial charge in [-0.15, -0.1) is 5.10 Å². The van der Waals surface area contributed by atoms with Gasteiger partial charge in [-0.05, 0) is 24.9 Å². The Bertz CT molecular complexity index is 471. The molecule has 1 atom stereocenters. The van der Waals surface area contributed by atoms with Gasteiger partial charge in [-0.3, -0.25) is 0 Å². The van der Waals surface area contributed by atoms with E-state index in [9.17, 15) is 0 Å². The van der Waals surface area contributed by atoms with Crippen molar-refractivity contribution in [3.63, 3.8) is 0 Å². The quantitative estimate of drug-likeness (QED) is 0.870. The van der Waals surface area contributed by atoms with E-state index in [1.807, 2.05) is 22.9 Å². The summed E-state index contributed by atoms with van der Waals surface area (Å²) in [6, 6.07) is 10.7. The van der Waals surface area contributed by atoms with Gasteiger partial charge in [0.25, 0.3) is 0 Å². The lowest BCUT2D eigenvalue weighted by Crippen LogP contribution is -2.13. The van der Waals surface area contributed by atoms with E-state index in [1.165, 1.54) is 18.4 Å². The fraction of sp³-hybridized carbons (Fsp3) is 0.385. The lowest BCUT2D eigenvalue weighted by Gasteiger charge is -2.04. The largest absolute Gasteiger partial charge is 0.309 e. The number of rotatable bonds is 3. The van der Waals surface area contributed by atoms with Crippen LogP contribution in [0, 0.1) is 0 Å². The molecule has 0 aliphatic carbocycles. The molecule has 0 spiro atoms. The van der Waals surface area contributed by atoms with Crippen LogP contribution in [-0.4, -0.2) is 21.5 Å².